The van der Waals surface area contributed by atoms with E-state index in [0.29, 0.717) is 5.69 Å². The molecule has 150 valence electrons. The van der Waals surface area contributed by atoms with Crippen LogP contribution < -0.4 is 15.1 Å². The molecule has 2 amide bonds. The predicted molar refractivity (Wildman–Crippen MR) is 108 cm³/mol. The number of hydrogen-bond acceptors (Lipinski definition) is 3. The lowest BCUT2D eigenvalue weighted by molar-refractivity contribution is -0.120. The fourth-order valence-electron chi connectivity index (χ4n) is 3.03. The molecule has 2 aromatic carbocycles. The maximum Gasteiger partial charge on any atom is 0.244 e. The van der Waals surface area contributed by atoms with Crippen molar-refractivity contribution in [1.29, 1.82) is 0 Å². The van der Waals surface area contributed by atoms with Crippen LogP contribution in [0, 0.1) is 18.6 Å². The van der Waals surface area contributed by atoms with E-state index in [4.69, 9.17) is 0 Å². The zero-order valence-electron chi connectivity index (χ0n) is 16.6. The first-order chi connectivity index (χ1) is 13.3. The SMILES string of the molecule is CCN(CC)c1ccc(N(CC(=O)Nc2c(F)cccc2F)C(C)=O)c(C)c1. The van der Waals surface area contributed by atoms with E-state index in [1.54, 1.807) is 6.07 Å². The van der Waals surface area contributed by atoms with E-state index >= 15 is 0 Å². The molecule has 5 nitrogen and oxygen atoms in total. The third kappa shape index (κ3) is 4.85. The Morgan fingerprint density at radius 1 is 1.04 bits per heavy atom. The van der Waals surface area contributed by atoms with Crippen molar-refractivity contribution < 1.29 is 18.4 Å². The standard InChI is InChI=1S/C21H25F2N3O2/c1-5-25(6-2)16-10-11-19(14(3)12-16)26(15(4)27)13-20(28)24-21-17(22)8-7-9-18(21)23/h7-12H,5-6,13H2,1-4H3,(H,24,28). The van der Waals surface area contributed by atoms with Crippen molar-refractivity contribution in [3.05, 3.63) is 53.6 Å². The summed E-state index contributed by atoms with van der Waals surface area (Å²) in [6.07, 6.45) is 0. The summed E-state index contributed by atoms with van der Waals surface area (Å²) in [6, 6.07) is 8.94. The highest BCUT2D eigenvalue weighted by Gasteiger charge is 2.20. The molecule has 0 saturated carbocycles. The van der Waals surface area contributed by atoms with Crippen molar-refractivity contribution in [2.75, 3.05) is 34.8 Å². The van der Waals surface area contributed by atoms with Crippen molar-refractivity contribution in [1.82, 2.24) is 0 Å². The van der Waals surface area contributed by atoms with Gasteiger partial charge in [-0.25, -0.2) is 8.78 Å². The highest BCUT2D eigenvalue weighted by Crippen LogP contribution is 2.26. The Hall–Kier alpha value is -2.96. The van der Waals surface area contributed by atoms with Crippen LogP contribution in [0.3, 0.4) is 0 Å². The lowest BCUT2D eigenvalue weighted by Crippen LogP contribution is -2.37. The van der Waals surface area contributed by atoms with Crippen LogP contribution in [0.5, 0.6) is 0 Å². The number of amides is 2. The van der Waals surface area contributed by atoms with Gasteiger partial charge in [0.2, 0.25) is 11.8 Å². The second-order valence-electron chi connectivity index (χ2n) is 6.39. The molecule has 2 rings (SSSR count). The average Bonchev–Trinajstić information content (AvgIpc) is 2.64. The van der Waals surface area contributed by atoms with E-state index in [1.807, 2.05) is 19.1 Å². The molecule has 0 aromatic heterocycles. The summed E-state index contributed by atoms with van der Waals surface area (Å²) in [5.74, 6) is -2.78. The molecule has 0 aliphatic rings. The molecule has 1 N–H and O–H groups in total. The van der Waals surface area contributed by atoms with Crippen molar-refractivity contribution >= 4 is 28.9 Å². The van der Waals surface area contributed by atoms with Crippen molar-refractivity contribution in [3.8, 4) is 0 Å². The van der Waals surface area contributed by atoms with Crippen molar-refractivity contribution in [2.45, 2.75) is 27.7 Å². The number of benzene rings is 2. The van der Waals surface area contributed by atoms with E-state index in [2.05, 4.69) is 24.1 Å². The lowest BCUT2D eigenvalue weighted by Gasteiger charge is -2.26. The number of rotatable bonds is 7. The first-order valence-corrected chi connectivity index (χ1v) is 9.16. The number of para-hydroxylation sites is 1. The predicted octanol–water partition coefficient (Wildman–Crippen LogP) is 4.11. The molecular weight excluding hydrogens is 364 g/mol. The van der Waals surface area contributed by atoms with E-state index < -0.39 is 23.2 Å². The Balaban J connectivity index is 2.24. The van der Waals surface area contributed by atoms with E-state index in [0.717, 1.165) is 36.5 Å². The van der Waals surface area contributed by atoms with Gasteiger partial charge in [-0.1, -0.05) is 6.07 Å². The van der Waals surface area contributed by atoms with Gasteiger partial charge in [-0.15, -0.1) is 0 Å². The maximum atomic E-state index is 13.7. The van der Waals surface area contributed by atoms with Gasteiger partial charge < -0.3 is 15.1 Å². The van der Waals surface area contributed by atoms with Crippen LogP contribution in [0.25, 0.3) is 0 Å². The summed E-state index contributed by atoms with van der Waals surface area (Å²) < 4.78 is 27.5. The van der Waals surface area contributed by atoms with Gasteiger partial charge in [0.15, 0.2) is 0 Å². The van der Waals surface area contributed by atoms with Gasteiger partial charge >= 0.3 is 0 Å². The summed E-state index contributed by atoms with van der Waals surface area (Å²) >= 11 is 0. The molecule has 0 spiro atoms. The minimum Gasteiger partial charge on any atom is -0.372 e. The topological polar surface area (TPSA) is 52.6 Å². The average molecular weight is 389 g/mol. The van der Waals surface area contributed by atoms with Crippen LogP contribution in [-0.4, -0.2) is 31.4 Å². The van der Waals surface area contributed by atoms with Crippen molar-refractivity contribution in [3.63, 3.8) is 0 Å². The van der Waals surface area contributed by atoms with Crippen LogP contribution in [0.4, 0.5) is 25.8 Å². The van der Waals surface area contributed by atoms with Gasteiger partial charge in [0, 0.05) is 31.4 Å². The van der Waals surface area contributed by atoms with Gasteiger partial charge in [-0.05, 0) is 56.7 Å². The Morgan fingerprint density at radius 3 is 2.14 bits per heavy atom. The number of nitrogens with zero attached hydrogens (tertiary/aromatic N) is 2. The number of carbonyl (C=O) groups excluding carboxylic acids is 2. The molecule has 0 heterocycles. The van der Waals surface area contributed by atoms with E-state index in [9.17, 15) is 18.4 Å². The number of carbonyl (C=O) groups is 2. The summed E-state index contributed by atoms with van der Waals surface area (Å²) in [6.45, 7) is 8.65. The summed E-state index contributed by atoms with van der Waals surface area (Å²) in [5.41, 5.74) is 1.90. The molecule has 7 heteroatoms. The second kappa shape index (κ2) is 9.30. The molecule has 0 aliphatic carbocycles. The van der Waals surface area contributed by atoms with E-state index in [-0.39, 0.29) is 12.5 Å². The van der Waals surface area contributed by atoms with Gasteiger partial charge in [0.05, 0.1) is 0 Å². The van der Waals surface area contributed by atoms with Gasteiger partial charge in [-0.3, -0.25) is 9.59 Å². The zero-order valence-corrected chi connectivity index (χ0v) is 16.6. The van der Waals surface area contributed by atoms with Gasteiger partial charge in [-0.2, -0.15) is 0 Å². The summed E-state index contributed by atoms with van der Waals surface area (Å²) in [5, 5.41) is 2.21. The zero-order chi connectivity index (χ0) is 20.8. The molecule has 0 unspecified atom stereocenters. The summed E-state index contributed by atoms with van der Waals surface area (Å²) in [4.78, 5) is 27.9. The molecule has 0 fully saturated rings. The molecular formula is C21H25F2N3O2. The number of halogens is 2. The Bertz CT molecular complexity index is 846. The van der Waals surface area contributed by atoms with Crippen LogP contribution in [-0.2, 0) is 9.59 Å². The fourth-order valence-corrected chi connectivity index (χ4v) is 3.03. The highest BCUT2D eigenvalue weighted by molar-refractivity contribution is 6.02. The quantitative estimate of drug-likeness (QED) is 0.775. The molecule has 0 radical (unpaired) electrons. The van der Waals surface area contributed by atoms with Gasteiger partial charge in [0.25, 0.3) is 0 Å². The first-order valence-electron chi connectivity index (χ1n) is 9.16. The minimum atomic E-state index is -0.873. The Morgan fingerprint density at radius 2 is 1.64 bits per heavy atom. The fraction of sp³-hybridized carbons (Fsp3) is 0.333. The minimum absolute atomic E-state index is 0.345. The third-order valence-electron chi connectivity index (χ3n) is 4.51. The van der Waals surface area contributed by atoms with E-state index in [1.165, 1.54) is 17.9 Å². The normalized spacial score (nSPS) is 10.5. The van der Waals surface area contributed by atoms with Crippen LogP contribution in [0.2, 0.25) is 0 Å². The molecule has 0 bridgehead atoms. The van der Waals surface area contributed by atoms with Crippen LogP contribution in [0.15, 0.2) is 36.4 Å². The Labute approximate surface area is 163 Å². The highest BCUT2D eigenvalue weighted by atomic mass is 19.1. The molecule has 2 aromatic rings. The number of hydrogen-bond donors (Lipinski definition) is 1. The van der Waals surface area contributed by atoms with Crippen LogP contribution >= 0.6 is 0 Å². The van der Waals surface area contributed by atoms with Crippen LogP contribution in [0.1, 0.15) is 26.3 Å². The first kappa shape index (κ1) is 21.3. The number of aryl methyl sites for hydroxylation is 1. The largest absolute Gasteiger partial charge is 0.372 e. The molecule has 0 atom stereocenters. The molecule has 0 aliphatic heterocycles. The second-order valence-corrected chi connectivity index (χ2v) is 6.39. The lowest BCUT2D eigenvalue weighted by atomic mass is 10.1. The molecule has 0 saturated heterocycles. The Kier molecular flexibility index (Phi) is 7.09. The maximum absolute atomic E-state index is 13.7. The number of nitrogens with one attached hydrogen (secondary N) is 1. The molecule has 28 heavy (non-hydrogen) atoms. The van der Waals surface area contributed by atoms with Gasteiger partial charge in [0.1, 0.15) is 23.9 Å². The smallest absolute Gasteiger partial charge is 0.244 e. The number of anilines is 3. The summed E-state index contributed by atoms with van der Waals surface area (Å²) in [7, 11) is 0. The van der Waals surface area contributed by atoms with Crippen molar-refractivity contribution in [2.24, 2.45) is 0 Å². The monoisotopic (exact) mass is 389 g/mol. The third-order valence-corrected chi connectivity index (χ3v) is 4.51.